The Hall–Kier alpha value is -1.83. The lowest BCUT2D eigenvalue weighted by Gasteiger charge is -2.36. The highest BCUT2D eigenvalue weighted by atomic mass is 32.1. The molecule has 2 rings (SSSR count). The van der Waals surface area contributed by atoms with Crippen molar-refractivity contribution in [3.63, 3.8) is 0 Å². The van der Waals surface area contributed by atoms with E-state index in [1.165, 1.54) is 11.3 Å². The second-order valence-corrected chi connectivity index (χ2v) is 7.15. The van der Waals surface area contributed by atoms with Gasteiger partial charge in [-0.05, 0) is 27.7 Å². The van der Waals surface area contributed by atoms with Crippen LogP contribution in [0.4, 0.5) is 9.80 Å². The monoisotopic (exact) mass is 327 g/mol. The number of carbonyl (C=O) groups is 2. The SMILES string of the molecule is Cc1nc(C(=O)O)sc1N1CCN(C(=O)OC(C)(C)C)CC1. The average Bonchev–Trinajstić information content (AvgIpc) is 2.79. The number of ether oxygens (including phenoxy) is 1. The Bertz CT molecular complexity index is 571. The fraction of sp³-hybridized carbons (Fsp3) is 0.643. The maximum atomic E-state index is 12.0. The molecule has 1 amide bonds. The highest BCUT2D eigenvalue weighted by Crippen LogP contribution is 2.29. The number of thiazole rings is 1. The number of nitrogens with zero attached hydrogens (tertiary/aromatic N) is 3. The molecule has 0 atom stereocenters. The van der Waals surface area contributed by atoms with Gasteiger partial charge < -0.3 is 19.6 Å². The van der Waals surface area contributed by atoms with Gasteiger partial charge in [0.2, 0.25) is 5.01 Å². The molecule has 1 N–H and O–H groups in total. The Kier molecular flexibility index (Phi) is 4.60. The zero-order valence-corrected chi connectivity index (χ0v) is 14.1. The molecule has 0 radical (unpaired) electrons. The standard InChI is InChI=1S/C14H21N3O4S/c1-9-11(22-10(15-9)12(18)19)16-5-7-17(8-6-16)13(20)21-14(2,3)4/h5-8H2,1-4H3,(H,18,19). The van der Waals surface area contributed by atoms with Crippen molar-refractivity contribution < 1.29 is 19.4 Å². The Morgan fingerprint density at radius 3 is 2.27 bits per heavy atom. The van der Waals surface area contributed by atoms with Crippen LogP contribution in [0.2, 0.25) is 0 Å². The van der Waals surface area contributed by atoms with Gasteiger partial charge in [-0.25, -0.2) is 14.6 Å². The molecular formula is C14H21N3O4S. The lowest BCUT2D eigenvalue weighted by Crippen LogP contribution is -2.50. The zero-order chi connectivity index (χ0) is 16.5. The number of aromatic carboxylic acids is 1. The fourth-order valence-corrected chi connectivity index (χ4v) is 3.15. The Labute approximate surface area is 133 Å². The molecule has 0 aliphatic carbocycles. The molecule has 1 fully saturated rings. The van der Waals surface area contributed by atoms with Gasteiger partial charge in [0, 0.05) is 26.2 Å². The Morgan fingerprint density at radius 2 is 1.82 bits per heavy atom. The molecule has 122 valence electrons. The van der Waals surface area contributed by atoms with Crippen LogP contribution in [0, 0.1) is 6.92 Å². The van der Waals surface area contributed by atoms with Gasteiger partial charge in [0.05, 0.1) is 5.69 Å². The number of aromatic nitrogens is 1. The van der Waals surface area contributed by atoms with E-state index in [-0.39, 0.29) is 11.1 Å². The normalized spacial score (nSPS) is 15.8. The number of rotatable bonds is 2. The molecule has 1 aliphatic rings. The quantitative estimate of drug-likeness (QED) is 0.896. The minimum Gasteiger partial charge on any atom is -0.476 e. The molecule has 0 unspecified atom stereocenters. The first kappa shape index (κ1) is 16.5. The van der Waals surface area contributed by atoms with Crippen LogP contribution in [-0.4, -0.2) is 58.8 Å². The molecular weight excluding hydrogens is 306 g/mol. The van der Waals surface area contributed by atoms with Crippen molar-refractivity contribution in [2.45, 2.75) is 33.3 Å². The van der Waals surface area contributed by atoms with Crippen molar-refractivity contribution in [2.24, 2.45) is 0 Å². The summed E-state index contributed by atoms with van der Waals surface area (Å²) in [6.07, 6.45) is -0.306. The topological polar surface area (TPSA) is 83.0 Å². The Morgan fingerprint density at radius 1 is 1.23 bits per heavy atom. The number of amides is 1. The second-order valence-electron chi connectivity index (χ2n) is 6.17. The predicted octanol–water partition coefficient (Wildman–Crippen LogP) is 2.21. The first-order chi connectivity index (χ1) is 10.2. The van der Waals surface area contributed by atoms with Crippen LogP contribution in [0.3, 0.4) is 0 Å². The van der Waals surface area contributed by atoms with Crippen molar-refractivity contribution in [3.05, 3.63) is 10.7 Å². The lowest BCUT2D eigenvalue weighted by atomic mass is 10.2. The summed E-state index contributed by atoms with van der Waals surface area (Å²) in [4.78, 5) is 30.8. The number of aryl methyl sites for hydroxylation is 1. The molecule has 0 bridgehead atoms. The fourth-order valence-electron chi connectivity index (χ4n) is 2.19. The summed E-state index contributed by atoms with van der Waals surface area (Å²) >= 11 is 1.17. The number of anilines is 1. The van der Waals surface area contributed by atoms with Gasteiger partial charge in [-0.15, -0.1) is 0 Å². The second kappa shape index (κ2) is 6.12. The van der Waals surface area contributed by atoms with Crippen molar-refractivity contribution in [1.82, 2.24) is 9.88 Å². The van der Waals surface area contributed by atoms with Crippen molar-refractivity contribution in [2.75, 3.05) is 31.1 Å². The van der Waals surface area contributed by atoms with Gasteiger partial charge in [0.1, 0.15) is 10.6 Å². The van der Waals surface area contributed by atoms with Gasteiger partial charge >= 0.3 is 12.1 Å². The number of carboxylic acids is 1. The van der Waals surface area contributed by atoms with E-state index in [0.29, 0.717) is 31.9 Å². The number of piperazine rings is 1. The van der Waals surface area contributed by atoms with E-state index in [2.05, 4.69) is 9.88 Å². The van der Waals surface area contributed by atoms with E-state index < -0.39 is 11.6 Å². The smallest absolute Gasteiger partial charge is 0.410 e. The van der Waals surface area contributed by atoms with Gasteiger partial charge in [-0.3, -0.25) is 0 Å². The van der Waals surface area contributed by atoms with E-state index in [4.69, 9.17) is 9.84 Å². The highest BCUT2D eigenvalue weighted by Gasteiger charge is 2.27. The molecule has 0 saturated carbocycles. The average molecular weight is 327 g/mol. The number of hydrogen-bond acceptors (Lipinski definition) is 6. The van der Waals surface area contributed by atoms with E-state index in [0.717, 1.165) is 5.00 Å². The third kappa shape index (κ3) is 3.88. The van der Waals surface area contributed by atoms with Gasteiger partial charge in [0.15, 0.2) is 0 Å². The molecule has 22 heavy (non-hydrogen) atoms. The number of hydrogen-bond donors (Lipinski definition) is 1. The maximum absolute atomic E-state index is 12.0. The van der Waals surface area contributed by atoms with E-state index in [1.807, 2.05) is 20.8 Å². The molecule has 8 heteroatoms. The predicted molar refractivity (Wildman–Crippen MR) is 83.8 cm³/mol. The minimum absolute atomic E-state index is 0.0991. The molecule has 1 saturated heterocycles. The summed E-state index contributed by atoms with van der Waals surface area (Å²) in [6.45, 7) is 9.71. The van der Waals surface area contributed by atoms with Gasteiger partial charge in [0.25, 0.3) is 0 Å². The van der Waals surface area contributed by atoms with Crippen LogP contribution >= 0.6 is 11.3 Å². The third-order valence-corrected chi connectivity index (χ3v) is 4.38. The summed E-state index contributed by atoms with van der Waals surface area (Å²) in [5, 5.41) is 9.97. The molecule has 0 aromatic carbocycles. The third-order valence-electron chi connectivity index (χ3n) is 3.17. The molecule has 2 heterocycles. The van der Waals surface area contributed by atoms with Crippen LogP contribution in [0.1, 0.15) is 36.3 Å². The van der Waals surface area contributed by atoms with Gasteiger partial charge in [-0.1, -0.05) is 11.3 Å². The Balaban J connectivity index is 1.97. The van der Waals surface area contributed by atoms with Crippen LogP contribution in [0.25, 0.3) is 0 Å². The number of carboxylic acid groups (broad SMARTS) is 1. The van der Waals surface area contributed by atoms with Crippen LogP contribution in [-0.2, 0) is 4.74 Å². The van der Waals surface area contributed by atoms with Crippen molar-refractivity contribution in [3.8, 4) is 0 Å². The molecule has 1 aromatic rings. The van der Waals surface area contributed by atoms with Crippen molar-refractivity contribution in [1.29, 1.82) is 0 Å². The summed E-state index contributed by atoms with van der Waals surface area (Å²) in [5.41, 5.74) is 0.215. The molecule has 0 spiro atoms. The van der Waals surface area contributed by atoms with E-state index >= 15 is 0 Å². The minimum atomic E-state index is -1.01. The first-order valence-corrected chi connectivity index (χ1v) is 7.92. The first-order valence-electron chi connectivity index (χ1n) is 7.11. The summed E-state index contributed by atoms with van der Waals surface area (Å²) < 4.78 is 5.36. The maximum Gasteiger partial charge on any atom is 0.410 e. The zero-order valence-electron chi connectivity index (χ0n) is 13.3. The number of carbonyl (C=O) groups excluding carboxylic acids is 1. The van der Waals surface area contributed by atoms with Crippen LogP contribution < -0.4 is 4.90 Å². The summed E-state index contributed by atoms with van der Waals surface area (Å²) in [7, 11) is 0. The summed E-state index contributed by atoms with van der Waals surface area (Å²) in [5.74, 6) is -1.01. The van der Waals surface area contributed by atoms with Crippen LogP contribution in [0.15, 0.2) is 0 Å². The molecule has 1 aromatic heterocycles. The largest absolute Gasteiger partial charge is 0.476 e. The van der Waals surface area contributed by atoms with E-state index in [1.54, 1.807) is 11.8 Å². The van der Waals surface area contributed by atoms with Crippen LogP contribution in [0.5, 0.6) is 0 Å². The molecule has 1 aliphatic heterocycles. The summed E-state index contributed by atoms with van der Waals surface area (Å²) in [6, 6.07) is 0. The van der Waals surface area contributed by atoms with E-state index in [9.17, 15) is 9.59 Å². The van der Waals surface area contributed by atoms with Crippen molar-refractivity contribution >= 4 is 28.4 Å². The van der Waals surface area contributed by atoms with Gasteiger partial charge in [-0.2, -0.15) is 0 Å². The lowest BCUT2D eigenvalue weighted by molar-refractivity contribution is 0.0240. The molecule has 7 nitrogen and oxygen atoms in total. The highest BCUT2D eigenvalue weighted by molar-refractivity contribution is 7.17.